The molecule has 2 N–H and O–H groups in total. The van der Waals surface area contributed by atoms with Gasteiger partial charge in [-0.1, -0.05) is 18.2 Å². The molecule has 2 atom stereocenters. The highest BCUT2D eigenvalue weighted by Gasteiger charge is 2.63. The van der Waals surface area contributed by atoms with Crippen LogP contribution < -0.4 is 5.32 Å². The van der Waals surface area contributed by atoms with Crippen LogP contribution in [0.5, 0.6) is 0 Å². The third-order valence-corrected chi connectivity index (χ3v) is 5.52. The molecular formula is C18H21NO5. The van der Waals surface area contributed by atoms with Gasteiger partial charge in [-0.05, 0) is 49.7 Å². The Hall–Kier alpha value is -2.37. The molecule has 1 amide bonds. The number of carboxylic acids is 1. The zero-order valence-corrected chi connectivity index (χ0v) is 13.5. The first kappa shape index (κ1) is 16.5. The Morgan fingerprint density at radius 2 is 1.75 bits per heavy atom. The number of methoxy groups -OCH3 is 1. The van der Waals surface area contributed by atoms with E-state index in [1.807, 2.05) is 0 Å². The van der Waals surface area contributed by atoms with Gasteiger partial charge in [0, 0.05) is 5.56 Å². The standard InChI is InChI=1S/C18H21NO5/c1-24-17(23)18(19-15(20)12-5-3-2-4-6-12)13-9-7-11(8-10-13)14(18)16(21)22/h2-6,11,13-14H,7-10H2,1H3,(H,19,20)(H,21,22)/t11?,13?,14-,18-/m0/s1. The number of carbonyl (C=O) groups excluding carboxylic acids is 2. The summed E-state index contributed by atoms with van der Waals surface area (Å²) in [6.45, 7) is 0. The fourth-order valence-electron chi connectivity index (χ4n) is 4.47. The maximum absolute atomic E-state index is 12.7. The van der Waals surface area contributed by atoms with Gasteiger partial charge in [0.1, 0.15) is 0 Å². The van der Waals surface area contributed by atoms with Gasteiger partial charge < -0.3 is 15.2 Å². The smallest absolute Gasteiger partial charge is 0.332 e. The molecule has 2 bridgehead atoms. The van der Waals surface area contributed by atoms with E-state index in [0.717, 1.165) is 25.7 Å². The van der Waals surface area contributed by atoms with E-state index in [1.165, 1.54) is 7.11 Å². The molecule has 6 nitrogen and oxygen atoms in total. The van der Waals surface area contributed by atoms with Gasteiger partial charge in [-0.25, -0.2) is 4.79 Å². The van der Waals surface area contributed by atoms with Crippen LogP contribution in [0, 0.1) is 17.8 Å². The van der Waals surface area contributed by atoms with Crippen molar-refractivity contribution in [3.8, 4) is 0 Å². The lowest BCUT2D eigenvalue weighted by Gasteiger charge is -2.53. The number of esters is 1. The van der Waals surface area contributed by atoms with Crippen LogP contribution in [0.15, 0.2) is 30.3 Å². The van der Waals surface area contributed by atoms with Crippen molar-refractivity contribution in [1.82, 2.24) is 5.32 Å². The van der Waals surface area contributed by atoms with E-state index in [9.17, 15) is 19.5 Å². The lowest BCUT2D eigenvalue weighted by atomic mass is 9.54. The molecule has 3 saturated carbocycles. The number of rotatable bonds is 4. The van der Waals surface area contributed by atoms with Crippen LogP contribution in [0.1, 0.15) is 36.0 Å². The highest BCUT2D eigenvalue weighted by molar-refractivity contribution is 6.00. The molecule has 3 fully saturated rings. The second-order valence-electron chi connectivity index (χ2n) is 6.61. The molecule has 6 heteroatoms. The molecule has 3 aliphatic rings. The molecule has 0 radical (unpaired) electrons. The van der Waals surface area contributed by atoms with Crippen molar-refractivity contribution in [3.05, 3.63) is 35.9 Å². The zero-order valence-electron chi connectivity index (χ0n) is 13.5. The van der Waals surface area contributed by atoms with E-state index in [1.54, 1.807) is 30.3 Å². The lowest BCUT2D eigenvalue weighted by molar-refractivity contribution is -0.174. The SMILES string of the molecule is COC(=O)[C@]1(NC(=O)c2ccccc2)C2CCC(CC2)[C@H]1C(=O)O. The third kappa shape index (κ3) is 2.46. The van der Waals surface area contributed by atoms with Crippen molar-refractivity contribution in [2.24, 2.45) is 17.8 Å². The Bertz CT molecular complexity index is 651. The molecule has 0 spiro atoms. The predicted molar refractivity (Wildman–Crippen MR) is 85.2 cm³/mol. The average Bonchev–Trinajstić information content (AvgIpc) is 2.62. The summed E-state index contributed by atoms with van der Waals surface area (Å²) in [6, 6.07) is 8.51. The summed E-state index contributed by atoms with van der Waals surface area (Å²) in [5, 5.41) is 12.5. The normalized spacial score (nSPS) is 31.3. The molecule has 0 aliphatic heterocycles. The van der Waals surface area contributed by atoms with Gasteiger partial charge in [0.2, 0.25) is 0 Å². The van der Waals surface area contributed by atoms with Gasteiger partial charge in [-0.15, -0.1) is 0 Å². The molecule has 1 aromatic carbocycles. The van der Waals surface area contributed by atoms with Gasteiger partial charge >= 0.3 is 11.9 Å². The van der Waals surface area contributed by atoms with Crippen LogP contribution in [0.3, 0.4) is 0 Å². The minimum absolute atomic E-state index is 0.123. The Labute approximate surface area is 140 Å². The molecule has 0 heterocycles. The maximum atomic E-state index is 12.7. The quantitative estimate of drug-likeness (QED) is 0.821. The van der Waals surface area contributed by atoms with Crippen molar-refractivity contribution in [1.29, 1.82) is 0 Å². The third-order valence-electron chi connectivity index (χ3n) is 5.52. The number of benzene rings is 1. The lowest BCUT2D eigenvalue weighted by Crippen LogP contribution is -2.71. The summed E-state index contributed by atoms with van der Waals surface area (Å²) in [5.41, 5.74) is -1.10. The number of amides is 1. The van der Waals surface area contributed by atoms with Crippen molar-refractivity contribution in [2.45, 2.75) is 31.2 Å². The number of carbonyl (C=O) groups is 3. The number of hydrogen-bond donors (Lipinski definition) is 2. The maximum Gasteiger partial charge on any atom is 0.332 e. The van der Waals surface area contributed by atoms with Crippen LogP contribution >= 0.6 is 0 Å². The van der Waals surface area contributed by atoms with E-state index in [0.29, 0.717) is 5.56 Å². The summed E-state index contributed by atoms with van der Waals surface area (Å²) in [7, 11) is 1.24. The topological polar surface area (TPSA) is 92.7 Å². The Morgan fingerprint density at radius 3 is 2.29 bits per heavy atom. The molecule has 4 rings (SSSR count). The molecule has 128 valence electrons. The Kier molecular flexibility index (Phi) is 4.30. The van der Waals surface area contributed by atoms with Crippen LogP contribution in [-0.2, 0) is 14.3 Å². The van der Waals surface area contributed by atoms with Gasteiger partial charge in [-0.3, -0.25) is 9.59 Å². The van der Waals surface area contributed by atoms with Crippen LogP contribution in [0.4, 0.5) is 0 Å². The Balaban J connectivity index is 2.02. The van der Waals surface area contributed by atoms with Crippen molar-refractivity contribution < 1.29 is 24.2 Å². The average molecular weight is 331 g/mol. The summed E-state index contributed by atoms with van der Waals surface area (Å²) in [6.07, 6.45) is 2.97. The summed E-state index contributed by atoms with van der Waals surface area (Å²) in [5.74, 6) is -3.45. The van der Waals surface area contributed by atoms with Crippen molar-refractivity contribution in [3.63, 3.8) is 0 Å². The fourth-order valence-corrected chi connectivity index (χ4v) is 4.47. The molecule has 1 aromatic rings. The fraction of sp³-hybridized carbons (Fsp3) is 0.500. The molecule has 3 aliphatic carbocycles. The summed E-state index contributed by atoms with van der Waals surface area (Å²) >= 11 is 0. The monoisotopic (exact) mass is 331 g/mol. The van der Waals surface area contributed by atoms with E-state index in [-0.39, 0.29) is 11.8 Å². The number of fused-ring (bicyclic) bond motifs is 3. The second kappa shape index (κ2) is 6.26. The summed E-state index contributed by atoms with van der Waals surface area (Å²) in [4.78, 5) is 37.3. The van der Waals surface area contributed by atoms with Crippen LogP contribution in [0.25, 0.3) is 0 Å². The first-order valence-electron chi connectivity index (χ1n) is 8.19. The number of hydrogen-bond acceptors (Lipinski definition) is 4. The number of aliphatic carboxylic acids is 1. The van der Waals surface area contributed by atoms with E-state index in [4.69, 9.17) is 4.74 Å². The van der Waals surface area contributed by atoms with Gasteiger partial charge in [0.15, 0.2) is 5.54 Å². The van der Waals surface area contributed by atoms with Crippen molar-refractivity contribution >= 4 is 17.8 Å². The van der Waals surface area contributed by atoms with E-state index in [2.05, 4.69) is 5.32 Å². The minimum atomic E-state index is -1.49. The summed E-state index contributed by atoms with van der Waals surface area (Å²) < 4.78 is 4.95. The zero-order chi connectivity index (χ0) is 17.3. The van der Waals surface area contributed by atoms with Crippen LogP contribution in [-0.4, -0.2) is 35.6 Å². The van der Waals surface area contributed by atoms with Crippen LogP contribution in [0.2, 0.25) is 0 Å². The molecule has 0 unspecified atom stereocenters. The number of nitrogens with one attached hydrogen (secondary N) is 1. The number of ether oxygens (including phenoxy) is 1. The van der Waals surface area contributed by atoms with Crippen molar-refractivity contribution in [2.75, 3.05) is 7.11 Å². The Morgan fingerprint density at radius 1 is 1.12 bits per heavy atom. The molecule has 0 saturated heterocycles. The van der Waals surface area contributed by atoms with E-state index >= 15 is 0 Å². The highest BCUT2D eigenvalue weighted by atomic mass is 16.5. The molecule has 0 aromatic heterocycles. The van der Waals surface area contributed by atoms with Gasteiger partial charge in [0.05, 0.1) is 13.0 Å². The highest BCUT2D eigenvalue weighted by Crippen LogP contribution is 2.52. The predicted octanol–water partition coefficient (Wildman–Crippen LogP) is 1.85. The first-order valence-corrected chi connectivity index (χ1v) is 8.19. The van der Waals surface area contributed by atoms with Gasteiger partial charge in [0.25, 0.3) is 5.91 Å². The minimum Gasteiger partial charge on any atom is -0.481 e. The van der Waals surface area contributed by atoms with Gasteiger partial charge in [-0.2, -0.15) is 0 Å². The first-order chi connectivity index (χ1) is 11.5. The number of carboxylic acid groups (broad SMARTS) is 1. The van der Waals surface area contributed by atoms with E-state index < -0.39 is 29.3 Å². The molecular weight excluding hydrogens is 310 g/mol. The largest absolute Gasteiger partial charge is 0.481 e. The second-order valence-corrected chi connectivity index (χ2v) is 6.61. The molecule has 24 heavy (non-hydrogen) atoms.